The summed E-state index contributed by atoms with van der Waals surface area (Å²) in [5, 5.41) is 0. The fourth-order valence-electron chi connectivity index (χ4n) is 4.56. The monoisotopic (exact) mass is 384 g/mol. The Morgan fingerprint density at radius 1 is 0.655 bits per heavy atom. The number of hydrogen-bond donors (Lipinski definition) is 0. The first-order valence-electron chi connectivity index (χ1n) is 11.1. The van der Waals surface area contributed by atoms with Gasteiger partial charge in [-0.1, -0.05) is 44.2 Å². The maximum Gasteiger partial charge on any atom is 0.0417 e. The molecule has 0 N–H and O–H groups in total. The van der Waals surface area contributed by atoms with Crippen LogP contribution in [0.2, 0.25) is 0 Å². The van der Waals surface area contributed by atoms with Gasteiger partial charge in [-0.2, -0.15) is 0 Å². The first-order chi connectivity index (χ1) is 14.2. The minimum Gasteiger partial charge on any atom is -0.372 e. The number of para-hydroxylation sites is 1. The van der Waals surface area contributed by atoms with E-state index in [0.29, 0.717) is 0 Å². The van der Waals surface area contributed by atoms with Gasteiger partial charge in [0.1, 0.15) is 0 Å². The fraction of sp³-hybridized carbons (Fsp3) is 0.333. The average Bonchev–Trinajstić information content (AvgIpc) is 3.12. The summed E-state index contributed by atoms with van der Waals surface area (Å²) in [6.45, 7) is 9.96. The molecule has 2 heteroatoms. The molecule has 3 aromatic rings. The van der Waals surface area contributed by atoms with Crippen molar-refractivity contribution < 1.29 is 0 Å². The zero-order valence-corrected chi connectivity index (χ0v) is 18.0. The van der Waals surface area contributed by atoms with Gasteiger partial charge in [0.2, 0.25) is 0 Å². The summed E-state index contributed by atoms with van der Waals surface area (Å²) in [7, 11) is 0. The van der Waals surface area contributed by atoms with E-state index in [2.05, 4.69) is 97.3 Å². The highest BCUT2D eigenvalue weighted by Gasteiger charge is 2.21. The third-order valence-corrected chi connectivity index (χ3v) is 5.90. The van der Waals surface area contributed by atoms with Crippen LogP contribution in [0.5, 0.6) is 0 Å². The molecule has 150 valence electrons. The van der Waals surface area contributed by atoms with E-state index >= 15 is 0 Å². The Labute approximate surface area is 175 Å². The molecule has 0 aliphatic heterocycles. The van der Waals surface area contributed by atoms with Crippen LogP contribution in [0, 0.1) is 0 Å². The highest BCUT2D eigenvalue weighted by Crippen LogP contribution is 2.41. The maximum absolute atomic E-state index is 2.53. The lowest BCUT2D eigenvalue weighted by molar-refractivity contribution is 0.744. The van der Waals surface area contributed by atoms with E-state index in [4.69, 9.17) is 0 Å². The summed E-state index contributed by atoms with van der Waals surface area (Å²) in [5.74, 6) is 0. The molecule has 0 saturated carbocycles. The second kappa shape index (κ2) is 8.73. The van der Waals surface area contributed by atoms with Crippen LogP contribution in [0.25, 0.3) is 11.1 Å². The Bertz CT molecular complexity index is 956. The molecule has 0 saturated heterocycles. The molecule has 0 radical (unpaired) electrons. The highest BCUT2D eigenvalue weighted by atomic mass is 15.1. The smallest absolute Gasteiger partial charge is 0.0417 e. The molecule has 29 heavy (non-hydrogen) atoms. The number of rotatable bonds is 8. The van der Waals surface area contributed by atoms with Crippen molar-refractivity contribution in [3.63, 3.8) is 0 Å². The van der Waals surface area contributed by atoms with Crippen molar-refractivity contribution in [2.45, 2.75) is 40.0 Å². The Hall–Kier alpha value is -2.74. The second-order valence-electron chi connectivity index (χ2n) is 7.93. The number of fused-ring (bicyclic) bond motifs is 3. The lowest BCUT2D eigenvalue weighted by Gasteiger charge is -2.25. The Kier molecular flexibility index (Phi) is 5.89. The van der Waals surface area contributed by atoms with Crippen LogP contribution in [0.3, 0.4) is 0 Å². The predicted molar refractivity (Wildman–Crippen MR) is 127 cm³/mol. The maximum atomic E-state index is 2.53. The molecule has 3 aromatic carbocycles. The van der Waals surface area contributed by atoms with Gasteiger partial charge < -0.3 is 9.80 Å². The van der Waals surface area contributed by atoms with E-state index in [1.54, 1.807) is 0 Å². The van der Waals surface area contributed by atoms with Crippen molar-refractivity contribution in [1.82, 2.24) is 0 Å². The minimum atomic E-state index is 0.956. The van der Waals surface area contributed by atoms with E-state index in [0.717, 1.165) is 26.1 Å². The van der Waals surface area contributed by atoms with Gasteiger partial charge in [-0.3, -0.25) is 0 Å². The van der Waals surface area contributed by atoms with Crippen LogP contribution in [0.1, 0.15) is 44.7 Å². The van der Waals surface area contributed by atoms with Crippen LogP contribution in [-0.2, 0) is 6.42 Å². The normalized spacial score (nSPS) is 11.8. The van der Waals surface area contributed by atoms with E-state index in [-0.39, 0.29) is 0 Å². The van der Waals surface area contributed by atoms with Crippen LogP contribution in [0.4, 0.5) is 17.1 Å². The van der Waals surface area contributed by atoms with Gasteiger partial charge in [-0.15, -0.1) is 0 Å². The van der Waals surface area contributed by atoms with Crippen molar-refractivity contribution in [1.29, 1.82) is 0 Å². The van der Waals surface area contributed by atoms with E-state index in [1.165, 1.54) is 52.2 Å². The van der Waals surface area contributed by atoms with Crippen molar-refractivity contribution in [2.24, 2.45) is 0 Å². The largest absolute Gasteiger partial charge is 0.372 e. The highest BCUT2D eigenvalue weighted by molar-refractivity contribution is 5.82. The van der Waals surface area contributed by atoms with E-state index in [1.807, 2.05) is 0 Å². The van der Waals surface area contributed by atoms with Crippen LogP contribution in [0.15, 0.2) is 66.7 Å². The van der Waals surface area contributed by atoms with Crippen molar-refractivity contribution in [2.75, 3.05) is 29.4 Å². The topological polar surface area (TPSA) is 6.48 Å². The third kappa shape index (κ3) is 3.89. The minimum absolute atomic E-state index is 0.956. The SMILES string of the molecule is CCCN(CCC)c1ccc2c(c1)Cc1ccc(N(CC)c3ccccc3)cc1-2. The summed E-state index contributed by atoms with van der Waals surface area (Å²) in [6.07, 6.45) is 3.42. The number of benzene rings is 3. The first-order valence-corrected chi connectivity index (χ1v) is 11.1. The molecule has 0 unspecified atom stereocenters. The van der Waals surface area contributed by atoms with Crippen molar-refractivity contribution >= 4 is 17.1 Å². The molecule has 0 heterocycles. The van der Waals surface area contributed by atoms with Gasteiger partial charge >= 0.3 is 0 Å². The molecule has 4 rings (SSSR count). The lowest BCUT2D eigenvalue weighted by atomic mass is 10.0. The van der Waals surface area contributed by atoms with Gasteiger partial charge in [0.05, 0.1) is 0 Å². The molecule has 1 aliphatic rings. The number of anilines is 3. The van der Waals surface area contributed by atoms with Crippen molar-refractivity contribution in [3.8, 4) is 11.1 Å². The average molecular weight is 385 g/mol. The second-order valence-corrected chi connectivity index (χ2v) is 7.93. The van der Waals surface area contributed by atoms with Gasteiger partial charge in [0, 0.05) is 36.7 Å². The van der Waals surface area contributed by atoms with Crippen LogP contribution < -0.4 is 9.80 Å². The molecule has 0 bridgehead atoms. The van der Waals surface area contributed by atoms with Crippen molar-refractivity contribution in [3.05, 3.63) is 77.9 Å². The zero-order chi connectivity index (χ0) is 20.2. The number of hydrogen-bond acceptors (Lipinski definition) is 2. The molecule has 0 spiro atoms. The molecule has 0 atom stereocenters. The first kappa shape index (κ1) is 19.6. The van der Waals surface area contributed by atoms with Gasteiger partial charge in [-0.25, -0.2) is 0 Å². The van der Waals surface area contributed by atoms with E-state index in [9.17, 15) is 0 Å². The van der Waals surface area contributed by atoms with Crippen LogP contribution >= 0.6 is 0 Å². The Morgan fingerprint density at radius 2 is 1.38 bits per heavy atom. The quantitative estimate of drug-likeness (QED) is 0.321. The zero-order valence-electron chi connectivity index (χ0n) is 18.0. The standard InChI is InChI=1S/C27H32N2/c1-4-16-28(17-5-2)24-14-15-26-22(19-24)18-21-12-13-25(20-27(21)26)29(6-3)23-10-8-7-9-11-23/h7-15,19-20H,4-6,16-18H2,1-3H3. The summed E-state index contributed by atoms with van der Waals surface area (Å²) in [5.41, 5.74) is 9.61. The summed E-state index contributed by atoms with van der Waals surface area (Å²) < 4.78 is 0. The van der Waals surface area contributed by atoms with E-state index < -0.39 is 0 Å². The lowest BCUT2D eigenvalue weighted by Crippen LogP contribution is -2.24. The molecular formula is C27H32N2. The predicted octanol–water partition coefficient (Wildman–Crippen LogP) is 7.04. The molecule has 0 fully saturated rings. The summed E-state index contributed by atoms with van der Waals surface area (Å²) >= 11 is 0. The van der Waals surface area contributed by atoms with Gasteiger partial charge in [-0.05, 0) is 84.8 Å². The Morgan fingerprint density at radius 3 is 2.07 bits per heavy atom. The number of nitrogens with zero attached hydrogens (tertiary/aromatic N) is 2. The Balaban J connectivity index is 1.67. The molecule has 1 aliphatic carbocycles. The third-order valence-electron chi connectivity index (χ3n) is 5.90. The molecule has 0 aromatic heterocycles. The van der Waals surface area contributed by atoms with Gasteiger partial charge in [0.15, 0.2) is 0 Å². The summed E-state index contributed by atoms with van der Waals surface area (Å²) in [6, 6.07) is 24.8. The fourth-order valence-corrected chi connectivity index (χ4v) is 4.56. The molecular weight excluding hydrogens is 352 g/mol. The molecule has 2 nitrogen and oxygen atoms in total. The van der Waals surface area contributed by atoms with Gasteiger partial charge in [0.25, 0.3) is 0 Å². The summed E-state index contributed by atoms with van der Waals surface area (Å²) in [4.78, 5) is 4.92. The van der Waals surface area contributed by atoms with Crippen LogP contribution in [-0.4, -0.2) is 19.6 Å². The molecule has 0 amide bonds.